The van der Waals surface area contributed by atoms with E-state index in [4.69, 9.17) is 10.5 Å². The summed E-state index contributed by atoms with van der Waals surface area (Å²) in [6.45, 7) is 3.67. The van der Waals surface area contributed by atoms with Gasteiger partial charge in [0.15, 0.2) is 0 Å². The average Bonchev–Trinajstić information content (AvgIpc) is 2.68. The van der Waals surface area contributed by atoms with Gasteiger partial charge in [-0.05, 0) is 61.4 Å². The maximum Gasteiger partial charge on any atom is 0.259 e. The summed E-state index contributed by atoms with van der Waals surface area (Å²) in [6, 6.07) is 16.3. The van der Waals surface area contributed by atoms with Crippen LogP contribution in [0.2, 0.25) is 0 Å². The van der Waals surface area contributed by atoms with Crippen molar-refractivity contribution >= 4 is 17.4 Å². The van der Waals surface area contributed by atoms with E-state index in [-0.39, 0.29) is 16.9 Å². The molecule has 0 aliphatic rings. The molecule has 0 bridgehead atoms. The van der Waals surface area contributed by atoms with Gasteiger partial charge < -0.3 is 15.8 Å². The summed E-state index contributed by atoms with van der Waals surface area (Å²) < 4.78 is 19.2. The smallest absolute Gasteiger partial charge is 0.259 e. The van der Waals surface area contributed by atoms with Crippen LogP contribution in [-0.4, -0.2) is 10.9 Å². The molecule has 1 aromatic heterocycles. The van der Waals surface area contributed by atoms with E-state index in [0.29, 0.717) is 11.4 Å². The van der Waals surface area contributed by atoms with Gasteiger partial charge in [0.1, 0.15) is 17.3 Å². The molecule has 0 fully saturated rings. The molecule has 0 saturated carbocycles. The van der Waals surface area contributed by atoms with E-state index in [2.05, 4.69) is 29.4 Å². The number of pyridine rings is 1. The molecule has 2 aromatic carbocycles. The van der Waals surface area contributed by atoms with Crippen molar-refractivity contribution in [2.24, 2.45) is 0 Å². The van der Waals surface area contributed by atoms with Gasteiger partial charge >= 0.3 is 0 Å². The van der Waals surface area contributed by atoms with Gasteiger partial charge in [-0.15, -0.1) is 0 Å². The fourth-order valence-corrected chi connectivity index (χ4v) is 2.74. The number of hydrogen-bond donors (Lipinski definition) is 2. The molecule has 0 atom stereocenters. The highest BCUT2D eigenvalue weighted by Crippen LogP contribution is 2.24. The van der Waals surface area contributed by atoms with Crippen molar-refractivity contribution in [2.45, 2.75) is 26.7 Å². The number of amides is 1. The highest BCUT2D eigenvalue weighted by Gasteiger charge is 2.14. The molecule has 3 N–H and O–H groups in total. The number of benzene rings is 2. The number of anilines is 2. The second kappa shape index (κ2) is 8.52. The Morgan fingerprint density at radius 1 is 1.11 bits per heavy atom. The van der Waals surface area contributed by atoms with Gasteiger partial charge in [0.25, 0.3) is 5.91 Å². The first-order valence-corrected chi connectivity index (χ1v) is 9.07. The molecule has 1 heterocycles. The minimum atomic E-state index is -0.682. The lowest BCUT2D eigenvalue weighted by Crippen LogP contribution is -2.16. The van der Waals surface area contributed by atoms with Crippen LogP contribution < -0.4 is 15.8 Å². The standard InChI is InChI=1S/C22H22FN3O2/c1-3-4-15-5-9-17(10-6-15)28-18-11-7-16(8-12-18)25-22(27)19-13-14(2)20(23)26-21(19)24/h5-13H,3-4H2,1-2H3,(H2,24,26)(H,25,27). The van der Waals surface area contributed by atoms with Crippen molar-refractivity contribution < 1.29 is 13.9 Å². The van der Waals surface area contributed by atoms with E-state index in [9.17, 15) is 9.18 Å². The number of rotatable bonds is 6. The number of carbonyl (C=O) groups is 1. The van der Waals surface area contributed by atoms with E-state index >= 15 is 0 Å². The first kappa shape index (κ1) is 19.4. The van der Waals surface area contributed by atoms with E-state index < -0.39 is 11.9 Å². The molecule has 0 aliphatic carbocycles. The van der Waals surface area contributed by atoms with Crippen molar-refractivity contribution in [1.82, 2.24) is 4.98 Å². The highest BCUT2D eigenvalue weighted by molar-refractivity contribution is 6.07. The van der Waals surface area contributed by atoms with Gasteiger partial charge in [0.2, 0.25) is 5.95 Å². The van der Waals surface area contributed by atoms with Crippen molar-refractivity contribution in [1.29, 1.82) is 0 Å². The van der Waals surface area contributed by atoms with Crippen LogP contribution >= 0.6 is 0 Å². The quantitative estimate of drug-likeness (QED) is 0.584. The monoisotopic (exact) mass is 379 g/mol. The molecule has 144 valence electrons. The summed E-state index contributed by atoms with van der Waals surface area (Å²) in [7, 11) is 0. The second-order valence-corrected chi connectivity index (χ2v) is 6.50. The van der Waals surface area contributed by atoms with Gasteiger partial charge in [-0.25, -0.2) is 4.98 Å². The zero-order chi connectivity index (χ0) is 20.1. The molecule has 0 aliphatic heterocycles. The average molecular weight is 379 g/mol. The molecule has 0 saturated heterocycles. The molecule has 1 amide bonds. The van der Waals surface area contributed by atoms with Crippen LogP contribution in [0, 0.1) is 12.9 Å². The van der Waals surface area contributed by atoms with Gasteiger partial charge in [0.05, 0.1) is 5.56 Å². The van der Waals surface area contributed by atoms with Crippen LogP contribution in [-0.2, 0) is 6.42 Å². The van der Waals surface area contributed by atoms with Gasteiger partial charge in [-0.2, -0.15) is 4.39 Å². The maximum atomic E-state index is 13.4. The molecule has 0 spiro atoms. The van der Waals surface area contributed by atoms with E-state index in [1.807, 2.05) is 12.1 Å². The molecule has 6 heteroatoms. The number of hydrogen-bond acceptors (Lipinski definition) is 4. The summed E-state index contributed by atoms with van der Waals surface area (Å²) in [5.41, 5.74) is 7.88. The van der Waals surface area contributed by atoms with Crippen LogP contribution in [0.5, 0.6) is 11.5 Å². The molecule has 0 unspecified atom stereocenters. The minimum Gasteiger partial charge on any atom is -0.457 e. The lowest BCUT2D eigenvalue weighted by molar-refractivity contribution is 0.102. The summed E-state index contributed by atoms with van der Waals surface area (Å²) in [5.74, 6) is 0.121. The Hall–Kier alpha value is -3.41. The van der Waals surface area contributed by atoms with E-state index in [1.54, 1.807) is 24.3 Å². The number of ether oxygens (including phenoxy) is 1. The van der Waals surface area contributed by atoms with Gasteiger partial charge in [-0.1, -0.05) is 25.5 Å². The first-order valence-electron chi connectivity index (χ1n) is 9.07. The van der Waals surface area contributed by atoms with Crippen molar-refractivity contribution in [3.05, 3.63) is 77.2 Å². The molecule has 3 aromatic rings. The summed E-state index contributed by atoms with van der Waals surface area (Å²) in [4.78, 5) is 15.9. The maximum absolute atomic E-state index is 13.4. The van der Waals surface area contributed by atoms with E-state index in [1.165, 1.54) is 18.6 Å². The predicted octanol–water partition coefficient (Wildman–Crippen LogP) is 5.11. The molecular weight excluding hydrogens is 357 g/mol. The Morgan fingerprint density at radius 3 is 2.32 bits per heavy atom. The third-order valence-corrected chi connectivity index (χ3v) is 4.24. The van der Waals surface area contributed by atoms with Crippen molar-refractivity contribution in [3.63, 3.8) is 0 Å². The third-order valence-electron chi connectivity index (χ3n) is 4.24. The largest absolute Gasteiger partial charge is 0.457 e. The minimum absolute atomic E-state index is 0.131. The topological polar surface area (TPSA) is 77.2 Å². The Bertz CT molecular complexity index is 970. The molecule has 3 rings (SSSR count). The van der Waals surface area contributed by atoms with Crippen LogP contribution in [0.4, 0.5) is 15.9 Å². The normalized spacial score (nSPS) is 10.5. The van der Waals surface area contributed by atoms with Crippen LogP contribution in [0.15, 0.2) is 54.6 Å². The molecular formula is C22H22FN3O2. The van der Waals surface area contributed by atoms with Gasteiger partial charge in [0, 0.05) is 11.3 Å². The molecule has 0 radical (unpaired) electrons. The third kappa shape index (κ3) is 4.65. The number of aryl methyl sites for hydroxylation is 2. The van der Waals surface area contributed by atoms with Crippen molar-refractivity contribution in [3.8, 4) is 11.5 Å². The zero-order valence-corrected chi connectivity index (χ0v) is 15.8. The Kier molecular flexibility index (Phi) is 5.89. The number of nitrogens with zero attached hydrogens (tertiary/aromatic N) is 1. The number of halogens is 1. The SMILES string of the molecule is CCCc1ccc(Oc2ccc(NC(=O)c3cc(C)c(F)nc3N)cc2)cc1. The van der Waals surface area contributed by atoms with Crippen LogP contribution in [0.25, 0.3) is 0 Å². The van der Waals surface area contributed by atoms with Crippen LogP contribution in [0.3, 0.4) is 0 Å². The van der Waals surface area contributed by atoms with E-state index in [0.717, 1.165) is 18.6 Å². The Balaban J connectivity index is 1.65. The number of carbonyl (C=O) groups excluding carboxylic acids is 1. The highest BCUT2D eigenvalue weighted by atomic mass is 19.1. The summed E-state index contributed by atoms with van der Waals surface area (Å²) in [6.07, 6.45) is 2.15. The number of nitrogen functional groups attached to an aromatic ring is 1. The van der Waals surface area contributed by atoms with Crippen molar-refractivity contribution in [2.75, 3.05) is 11.1 Å². The Morgan fingerprint density at radius 2 is 1.71 bits per heavy atom. The lowest BCUT2D eigenvalue weighted by Gasteiger charge is -2.10. The molecule has 28 heavy (non-hydrogen) atoms. The Labute approximate surface area is 163 Å². The lowest BCUT2D eigenvalue weighted by atomic mass is 10.1. The second-order valence-electron chi connectivity index (χ2n) is 6.50. The van der Waals surface area contributed by atoms with Gasteiger partial charge in [-0.3, -0.25) is 4.79 Å². The summed E-state index contributed by atoms with van der Waals surface area (Å²) in [5, 5.41) is 2.72. The number of aromatic nitrogens is 1. The zero-order valence-electron chi connectivity index (χ0n) is 15.8. The number of nitrogens with one attached hydrogen (secondary N) is 1. The van der Waals surface area contributed by atoms with Crippen LogP contribution in [0.1, 0.15) is 34.8 Å². The predicted molar refractivity (Wildman–Crippen MR) is 108 cm³/mol. The fourth-order valence-electron chi connectivity index (χ4n) is 2.74. The first-order chi connectivity index (χ1) is 13.5. The fraction of sp³-hybridized carbons (Fsp3) is 0.182. The molecule has 5 nitrogen and oxygen atoms in total. The summed E-state index contributed by atoms with van der Waals surface area (Å²) >= 11 is 0. The number of nitrogens with two attached hydrogens (primary N) is 1.